The van der Waals surface area contributed by atoms with Gasteiger partial charge in [-0.3, -0.25) is 0 Å². The molecule has 0 aromatic heterocycles. The van der Waals surface area contributed by atoms with Crippen molar-refractivity contribution in [1.29, 1.82) is 0 Å². The SMILES string of the molecule is [AsH3].[AsH3].[Fe].[Fe]. The molecule has 0 saturated carbocycles. The molecule has 0 bridgehead atoms. The van der Waals surface area contributed by atoms with Crippen LogP contribution in [-0.4, -0.2) is 35.9 Å². The molecule has 0 aliphatic rings. The van der Waals surface area contributed by atoms with Gasteiger partial charge < -0.3 is 0 Å². The van der Waals surface area contributed by atoms with Gasteiger partial charge in [-0.25, -0.2) is 0 Å². The normalized spacial score (nSPS) is 0. The second-order valence-electron chi connectivity index (χ2n) is 0. The Morgan fingerprint density at radius 2 is 0.500 bits per heavy atom. The molecule has 0 saturated heterocycles. The van der Waals surface area contributed by atoms with Crippen LogP contribution < -0.4 is 0 Å². The first-order chi connectivity index (χ1) is 0. The summed E-state index contributed by atoms with van der Waals surface area (Å²) in [5.74, 6) is 0. The van der Waals surface area contributed by atoms with E-state index >= 15 is 0 Å². The molecule has 0 N–H and O–H groups in total. The number of hydrogen-bond acceptors (Lipinski definition) is 0. The zero-order valence-electron chi connectivity index (χ0n) is 2.12. The van der Waals surface area contributed by atoms with Crippen molar-refractivity contribution in [2.24, 2.45) is 0 Å². The molecule has 2 atom stereocenters. The minimum Gasteiger partial charge on any atom is 0 e. The van der Waals surface area contributed by atoms with E-state index in [2.05, 4.69) is 0 Å². The van der Waals surface area contributed by atoms with Crippen LogP contribution in [0.1, 0.15) is 0 Å². The fourth-order valence-corrected chi connectivity index (χ4v) is 0. The van der Waals surface area contributed by atoms with E-state index in [9.17, 15) is 0 Å². The molecule has 4 heteroatoms. The second kappa shape index (κ2) is 19.2. The van der Waals surface area contributed by atoms with Crippen molar-refractivity contribution in [3.05, 3.63) is 0 Å². The Morgan fingerprint density at radius 3 is 0.500 bits per heavy atom. The fourth-order valence-electron chi connectivity index (χ4n) is 0. The van der Waals surface area contributed by atoms with Crippen LogP contribution in [0.25, 0.3) is 0 Å². The van der Waals surface area contributed by atoms with Crippen molar-refractivity contribution >= 4 is 35.9 Å². The third-order valence-electron chi connectivity index (χ3n) is 0. The monoisotopic (exact) mass is 268 g/mol. The van der Waals surface area contributed by atoms with E-state index in [1.807, 2.05) is 0 Å². The number of rotatable bonds is 0. The molecule has 0 nitrogen and oxygen atoms in total. The quantitative estimate of drug-likeness (QED) is 0.431. The minimum absolute atomic E-state index is 0. The van der Waals surface area contributed by atoms with E-state index in [0.29, 0.717) is 0 Å². The Morgan fingerprint density at radius 1 is 0.500 bits per heavy atom. The average Bonchev–Trinajstić information content (AvgIpc) is 0. The van der Waals surface area contributed by atoms with Gasteiger partial charge in [-0.15, -0.1) is 0 Å². The molecule has 0 radical (unpaired) electrons. The molecule has 0 aliphatic heterocycles. The molecule has 0 spiro atoms. The summed E-state index contributed by atoms with van der Waals surface area (Å²) in [5, 5.41) is 0. The maximum absolute atomic E-state index is 0. The van der Waals surface area contributed by atoms with Gasteiger partial charge in [0.1, 0.15) is 0 Å². The van der Waals surface area contributed by atoms with Gasteiger partial charge in [0.2, 0.25) is 0 Å². The summed E-state index contributed by atoms with van der Waals surface area (Å²) in [4.78, 5) is 0. The standard InChI is InChI=1S/2AsH3.2Fe/h2*1H3;;. The second-order valence-corrected chi connectivity index (χ2v) is 0. The van der Waals surface area contributed by atoms with Crippen LogP contribution >= 0.6 is 0 Å². The molecule has 0 heterocycles. The zero-order valence-corrected chi connectivity index (χ0v) is 10.3. The minimum atomic E-state index is 0. The van der Waals surface area contributed by atoms with E-state index in [0.717, 1.165) is 0 Å². The molecule has 0 aromatic carbocycles. The third-order valence-corrected chi connectivity index (χ3v) is 0. The van der Waals surface area contributed by atoms with Crippen molar-refractivity contribution in [3.63, 3.8) is 0 Å². The predicted molar refractivity (Wildman–Crippen MR) is 19.9 cm³/mol. The van der Waals surface area contributed by atoms with Crippen LogP contribution in [-0.2, 0) is 34.1 Å². The van der Waals surface area contributed by atoms with Crippen LogP contribution in [0.5, 0.6) is 0 Å². The van der Waals surface area contributed by atoms with Crippen molar-refractivity contribution < 1.29 is 34.1 Å². The first-order valence-electron chi connectivity index (χ1n) is 0. The van der Waals surface area contributed by atoms with Gasteiger partial charge in [0.25, 0.3) is 0 Å². The topological polar surface area (TPSA) is 0 Å². The molecule has 4 heavy (non-hydrogen) atoms. The van der Waals surface area contributed by atoms with E-state index in [4.69, 9.17) is 0 Å². The van der Waals surface area contributed by atoms with E-state index in [-0.39, 0.29) is 70.0 Å². The van der Waals surface area contributed by atoms with Crippen LogP contribution in [0.15, 0.2) is 0 Å². The Bertz CT molecular complexity index is 4.00. The Balaban J connectivity index is 0. The van der Waals surface area contributed by atoms with E-state index < -0.39 is 0 Å². The van der Waals surface area contributed by atoms with Gasteiger partial charge >= 0.3 is 35.9 Å². The van der Waals surface area contributed by atoms with Crippen LogP contribution in [0.2, 0.25) is 0 Å². The molecular weight excluding hydrogens is 262 g/mol. The predicted octanol–water partition coefficient (Wildman–Crippen LogP) is -2.37. The van der Waals surface area contributed by atoms with Crippen LogP contribution in [0.3, 0.4) is 0 Å². The summed E-state index contributed by atoms with van der Waals surface area (Å²) in [6.45, 7) is 0. The Hall–Kier alpha value is 2.16. The van der Waals surface area contributed by atoms with Crippen molar-refractivity contribution in [2.45, 2.75) is 0 Å². The van der Waals surface area contributed by atoms with Crippen molar-refractivity contribution in [3.8, 4) is 0 Å². The molecule has 32 valence electrons. The summed E-state index contributed by atoms with van der Waals surface area (Å²) >= 11 is 0. The summed E-state index contributed by atoms with van der Waals surface area (Å²) in [7, 11) is 0. The van der Waals surface area contributed by atoms with Crippen molar-refractivity contribution in [1.82, 2.24) is 0 Å². The average molecular weight is 268 g/mol. The molecule has 0 fully saturated rings. The van der Waals surface area contributed by atoms with Crippen LogP contribution in [0.4, 0.5) is 0 Å². The van der Waals surface area contributed by atoms with Crippen molar-refractivity contribution in [2.75, 3.05) is 0 Å². The number of hydrogen-bond donors (Lipinski definition) is 0. The molecule has 0 rings (SSSR count). The third kappa shape index (κ3) is 8.91. The van der Waals surface area contributed by atoms with Crippen LogP contribution in [0, 0.1) is 0 Å². The maximum atomic E-state index is 0. The Kier molecular flexibility index (Phi) is 169. The molecule has 0 aromatic rings. The molecule has 2 unspecified atom stereocenters. The first kappa shape index (κ1) is 35.2. The van der Waals surface area contributed by atoms with Gasteiger partial charge in [-0.1, -0.05) is 0 Å². The van der Waals surface area contributed by atoms with Gasteiger partial charge in [-0.2, -0.15) is 0 Å². The van der Waals surface area contributed by atoms with Gasteiger partial charge in [0.05, 0.1) is 0 Å². The van der Waals surface area contributed by atoms with E-state index in [1.165, 1.54) is 0 Å². The maximum Gasteiger partial charge on any atom is 0 e. The zero-order chi connectivity index (χ0) is 0. The smallest absolute Gasteiger partial charge is 0 e. The largest absolute Gasteiger partial charge is 0 e. The fraction of sp³-hybridized carbons (Fsp3) is 0. The first-order valence-corrected chi connectivity index (χ1v) is 0. The Labute approximate surface area is 69.4 Å². The summed E-state index contributed by atoms with van der Waals surface area (Å²) < 4.78 is 0. The van der Waals surface area contributed by atoms with Gasteiger partial charge in [-0.05, 0) is 0 Å². The summed E-state index contributed by atoms with van der Waals surface area (Å²) in [5.41, 5.74) is 0. The molecule has 0 aliphatic carbocycles. The van der Waals surface area contributed by atoms with Gasteiger partial charge in [0.15, 0.2) is 0 Å². The molecular formula is H6As2Fe2. The summed E-state index contributed by atoms with van der Waals surface area (Å²) in [6, 6.07) is 0. The van der Waals surface area contributed by atoms with E-state index in [1.54, 1.807) is 0 Å². The van der Waals surface area contributed by atoms with Gasteiger partial charge in [0, 0.05) is 34.1 Å². The summed E-state index contributed by atoms with van der Waals surface area (Å²) in [6.07, 6.45) is 0. The molecule has 0 amide bonds.